The Hall–Kier alpha value is -2.94. The Morgan fingerprint density at radius 2 is 2.00 bits per heavy atom. The molecule has 1 aliphatic rings. The minimum atomic E-state index is -0.345. The van der Waals surface area contributed by atoms with Crippen molar-refractivity contribution in [3.8, 4) is 16.9 Å². The lowest BCUT2D eigenvalue weighted by Gasteiger charge is -2.37. The van der Waals surface area contributed by atoms with Gasteiger partial charge in [0.05, 0.1) is 16.8 Å². The fourth-order valence-corrected chi connectivity index (χ4v) is 6.51. The monoisotopic (exact) mass is 538 g/mol. The Bertz CT molecular complexity index is 1570. The Kier molecular flexibility index (Phi) is 7.25. The number of rotatable bonds is 6. The molecule has 4 heterocycles. The van der Waals surface area contributed by atoms with Crippen molar-refractivity contribution < 1.29 is 4.74 Å². The van der Waals surface area contributed by atoms with E-state index in [4.69, 9.17) is 16.3 Å². The smallest absolute Gasteiger partial charge is 0.331 e. The Morgan fingerprint density at radius 1 is 1.19 bits per heavy atom. The second kappa shape index (κ2) is 10.4. The van der Waals surface area contributed by atoms with Crippen LogP contribution in [0.5, 0.6) is 5.75 Å². The molecule has 0 N–H and O–H groups in total. The molecule has 0 spiro atoms. The van der Waals surface area contributed by atoms with E-state index in [1.54, 1.807) is 13.2 Å². The number of likely N-dealkylation sites (tertiary alicyclic amines) is 1. The van der Waals surface area contributed by atoms with E-state index in [2.05, 4.69) is 23.7 Å². The average Bonchev–Trinajstić information content (AvgIpc) is 3.29. The number of fused-ring (bicyclic) bond motifs is 1. The van der Waals surface area contributed by atoms with E-state index >= 15 is 0 Å². The van der Waals surface area contributed by atoms with Gasteiger partial charge in [-0.1, -0.05) is 25.4 Å². The van der Waals surface area contributed by atoms with Gasteiger partial charge in [-0.25, -0.2) is 4.79 Å². The highest BCUT2D eigenvalue weighted by atomic mass is 35.5. The molecule has 1 fully saturated rings. The van der Waals surface area contributed by atoms with Crippen LogP contribution in [0.3, 0.4) is 0 Å². The second-order valence-electron chi connectivity index (χ2n) is 9.83. The summed E-state index contributed by atoms with van der Waals surface area (Å²) in [5, 5.41) is 0.648. The van der Waals surface area contributed by atoms with Crippen LogP contribution in [0.4, 0.5) is 0 Å². The largest absolute Gasteiger partial charge is 0.489 e. The van der Waals surface area contributed by atoms with Gasteiger partial charge in [-0.3, -0.25) is 14.3 Å². The topological polar surface area (TPSA) is 69.4 Å². The van der Waals surface area contributed by atoms with E-state index in [-0.39, 0.29) is 23.9 Å². The van der Waals surface area contributed by atoms with Crippen molar-refractivity contribution >= 4 is 33.2 Å². The SMILES string of the molecule is CCN1CC[C@@H](Oc2c(C)cc(Cl)cc2-c2ccnc3cc(Cn4c(=O)ccn(C)c4=O)sc23)[C@@H](C)C1. The van der Waals surface area contributed by atoms with E-state index in [9.17, 15) is 9.59 Å². The lowest BCUT2D eigenvalue weighted by Crippen LogP contribution is -2.44. The summed E-state index contributed by atoms with van der Waals surface area (Å²) in [6.07, 6.45) is 4.37. The summed E-state index contributed by atoms with van der Waals surface area (Å²) in [4.78, 5) is 32.8. The standard InChI is InChI=1S/C28H31ClN4O3S/c1-5-32-11-7-24(18(3)15-32)36-26-17(2)12-19(29)13-22(26)21-6-9-30-23-14-20(37-27(21)23)16-33-25(34)8-10-31(4)28(33)35/h6,8-10,12-14,18,24H,5,7,11,15-16H2,1-4H3/t18-,24+/m0/s1. The van der Waals surface area contributed by atoms with Crippen molar-refractivity contribution in [3.63, 3.8) is 0 Å². The first-order chi connectivity index (χ1) is 17.7. The van der Waals surface area contributed by atoms with Gasteiger partial charge in [-0.15, -0.1) is 11.3 Å². The van der Waals surface area contributed by atoms with Crippen molar-refractivity contribution in [2.24, 2.45) is 13.0 Å². The first kappa shape index (κ1) is 25.7. The number of pyridine rings is 1. The minimum absolute atomic E-state index is 0.124. The van der Waals surface area contributed by atoms with Gasteiger partial charge in [0.25, 0.3) is 5.56 Å². The summed E-state index contributed by atoms with van der Waals surface area (Å²) in [5.41, 5.74) is 3.05. The van der Waals surface area contributed by atoms with Gasteiger partial charge in [0.1, 0.15) is 11.9 Å². The number of thiophene rings is 1. The molecule has 0 radical (unpaired) electrons. The number of aryl methyl sites for hydroxylation is 2. The molecule has 9 heteroatoms. The van der Waals surface area contributed by atoms with Crippen LogP contribution in [0.1, 0.15) is 30.7 Å². The van der Waals surface area contributed by atoms with Crippen LogP contribution in [0, 0.1) is 12.8 Å². The number of aromatic nitrogens is 3. The molecule has 0 saturated carbocycles. The number of hydrogen-bond donors (Lipinski definition) is 0. The zero-order chi connectivity index (χ0) is 26.3. The van der Waals surface area contributed by atoms with Gasteiger partial charge < -0.3 is 14.2 Å². The molecule has 1 saturated heterocycles. The van der Waals surface area contributed by atoms with Crippen molar-refractivity contribution in [1.82, 2.24) is 19.0 Å². The first-order valence-electron chi connectivity index (χ1n) is 12.6. The lowest BCUT2D eigenvalue weighted by atomic mass is 9.95. The fraction of sp³-hybridized carbons (Fsp3) is 0.393. The summed E-state index contributed by atoms with van der Waals surface area (Å²) in [5.74, 6) is 1.26. The van der Waals surface area contributed by atoms with E-state index < -0.39 is 0 Å². The zero-order valence-electron chi connectivity index (χ0n) is 21.5. The molecule has 3 aromatic heterocycles. The summed E-state index contributed by atoms with van der Waals surface area (Å²) >= 11 is 8.08. The summed E-state index contributed by atoms with van der Waals surface area (Å²) in [7, 11) is 1.64. The van der Waals surface area contributed by atoms with Crippen LogP contribution in [-0.2, 0) is 13.6 Å². The highest BCUT2D eigenvalue weighted by Crippen LogP contribution is 2.42. The van der Waals surface area contributed by atoms with Crippen molar-refractivity contribution in [2.45, 2.75) is 39.8 Å². The summed E-state index contributed by atoms with van der Waals surface area (Å²) in [6, 6.07) is 9.24. The predicted octanol–water partition coefficient (Wildman–Crippen LogP) is 4.94. The maximum atomic E-state index is 12.6. The highest BCUT2D eigenvalue weighted by molar-refractivity contribution is 7.19. The number of piperidine rings is 1. The van der Waals surface area contributed by atoms with Gasteiger partial charge >= 0.3 is 5.69 Å². The van der Waals surface area contributed by atoms with Crippen molar-refractivity contribution in [1.29, 1.82) is 0 Å². The summed E-state index contributed by atoms with van der Waals surface area (Å²) < 4.78 is 10.4. The van der Waals surface area contributed by atoms with Gasteiger partial charge in [-0.2, -0.15) is 0 Å². The van der Waals surface area contributed by atoms with E-state index in [0.29, 0.717) is 10.9 Å². The average molecular weight is 539 g/mol. The highest BCUT2D eigenvalue weighted by Gasteiger charge is 2.28. The molecule has 0 bridgehead atoms. The lowest BCUT2D eigenvalue weighted by molar-refractivity contribution is 0.0549. The molecule has 0 unspecified atom stereocenters. The molecule has 1 aliphatic heterocycles. The maximum Gasteiger partial charge on any atom is 0.331 e. The third-order valence-electron chi connectivity index (χ3n) is 7.17. The molecule has 4 aromatic rings. The molecular formula is C28H31ClN4O3S. The Morgan fingerprint density at radius 3 is 2.76 bits per heavy atom. The maximum absolute atomic E-state index is 12.6. The van der Waals surface area contributed by atoms with Crippen LogP contribution in [0.2, 0.25) is 5.02 Å². The van der Waals surface area contributed by atoms with Crippen LogP contribution < -0.4 is 16.0 Å². The third-order valence-corrected chi connectivity index (χ3v) is 8.53. The normalized spacial score (nSPS) is 18.4. The third kappa shape index (κ3) is 5.10. The first-order valence-corrected chi connectivity index (χ1v) is 13.8. The molecule has 0 aliphatic carbocycles. The van der Waals surface area contributed by atoms with Gasteiger partial charge in [0, 0.05) is 65.5 Å². The quantitative estimate of drug-likeness (QED) is 0.348. The van der Waals surface area contributed by atoms with Crippen molar-refractivity contribution in [2.75, 3.05) is 19.6 Å². The predicted molar refractivity (Wildman–Crippen MR) is 150 cm³/mol. The van der Waals surface area contributed by atoms with Crippen LogP contribution in [0.25, 0.3) is 21.3 Å². The van der Waals surface area contributed by atoms with E-state index in [0.717, 1.165) is 63.6 Å². The molecule has 0 amide bonds. The van der Waals surface area contributed by atoms with Gasteiger partial charge in [-0.05, 0) is 49.7 Å². The molecule has 7 nitrogen and oxygen atoms in total. The fourth-order valence-electron chi connectivity index (χ4n) is 5.10. The molecule has 2 atom stereocenters. The van der Waals surface area contributed by atoms with Gasteiger partial charge in [0.15, 0.2) is 0 Å². The Balaban J connectivity index is 1.55. The van der Waals surface area contributed by atoms with E-state index in [1.165, 1.54) is 32.7 Å². The number of hydrogen-bond acceptors (Lipinski definition) is 6. The molecular weight excluding hydrogens is 508 g/mol. The van der Waals surface area contributed by atoms with Crippen LogP contribution in [0.15, 0.2) is 52.3 Å². The van der Waals surface area contributed by atoms with Crippen LogP contribution >= 0.6 is 22.9 Å². The molecule has 1 aromatic carbocycles. The number of nitrogens with zero attached hydrogens (tertiary/aromatic N) is 4. The van der Waals surface area contributed by atoms with Gasteiger partial charge in [0.2, 0.25) is 0 Å². The minimum Gasteiger partial charge on any atom is -0.489 e. The van der Waals surface area contributed by atoms with Crippen LogP contribution in [-0.4, -0.2) is 44.8 Å². The number of halogens is 1. The van der Waals surface area contributed by atoms with Crippen molar-refractivity contribution in [3.05, 3.63) is 79.0 Å². The molecule has 194 valence electrons. The van der Waals surface area contributed by atoms with E-state index in [1.807, 2.05) is 31.2 Å². The zero-order valence-corrected chi connectivity index (χ0v) is 23.1. The second-order valence-corrected chi connectivity index (χ2v) is 11.4. The summed E-state index contributed by atoms with van der Waals surface area (Å²) in [6.45, 7) is 9.79. The number of ether oxygens (including phenoxy) is 1. The number of benzene rings is 1. The molecule has 5 rings (SSSR count). The molecule has 37 heavy (non-hydrogen) atoms. The Labute approximate surface area is 224 Å².